The van der Waals surface area contributed by atoms with Crippen molar-refractivity contribution in [1.29, 1.82) is 0 Å². The van der Waals surface area contributed by atoms with Crippen LogP contribution >= 0.6 is 0 Å². The minimum absolute atomic E-state index is 0.219. The summed E-state index contributed by atoms with van der Waals surface area (Å²) in [4.78, 5) is 0. The van der Waals surface area contributed by atoms with Gasteiger partial charge in [0.2, 0.25) is 0 Å². The van der Waals surface area contributed by atoms with Gasteiger partial charge in [-0.15, -0.1) is 0 Å². The smallest absolute Gasteiger partial charge is 0.158 e. The Balaban J connectivity index is 1.35. The molecule has 0 amide bonds. The summed E-state index contributed by atoms with van der Waals surface area (Å²) in [7, 11) is 0. The Morgan fingerprint density at radius 2 is 1.42 bits per heavy atom. The highest BCUT2D eigenvalue weighted by molar-refractivity contribution is 5.14. The number of hydrogen-bond acceptors (Lipinski definition) is 4. The molecule has 1 aliphatic heterocycles. The van der Waals surface area contributed by atoms with Crippen LogP contribution in [0.15, 0.2) is 72.8 Å². The van der Waals surface area contributed by atoms with Crippen molar-refractivity contribution in [2.24, 2.45) is 0 Å². The van der Waals surface area contributed by atoms with Gasteiger partial charge >= 0.3 is 0 Å². The third-order valence-electron chi connectivity index (χ3n) is 5.45. The molecule has 31 heavy (non-hydrogen) atoms. The van der Waals surface area contributed by atoms with E-state index in [1.807, 2.05) is 42.5 Å². The molecule has 1 saturated heterocycles. The van der Waals surface area contributed by atoms with Crippen molar-refractivity contribution < 1.29 is 19.3 Å². The molecule has 4 nitrogen and oxygen atoms in total. The Morgan fingerprint density at radius 1 is 0.871 bits per heavy atom. The van der Waals surface area contributed by atoms with Gasteiger partial charge in [0.25, 0.3) is 0 Å². The first-order chi connectivity index (χ1) is 15.2. The maximum atomic E-state index is 9.23. The normalized spacial score (nSPS) is 19.2. The van der Waals surface area contributed by atoms with Crippen LogP contribution in [0.5, 0.6) is 0 Å². The van der Waals surface area contributed by atoms with Crippen molar-refractivity contribution in [3.05, 3.63) is 83.9 Å². The molecule has 3 rings (SSSR count). The highest BCUT2D eigenvalue weighted by Crippen LogP contribution is 2.31. The van der Waals surface area contributed by atoms with Crippen molar-refractivity contribution in [2.45, 2.75) is 83.3 Å². The molecule has 1 N–H and O–H groups in total. The standard InChI is InChI=1S/C27H36O4/c1-22(28)12-5-2-10-17-25-26(31-25)18-11-19-27(29-20-23-13-6-3-7-14-23)30-21-24-15-8-4-9-16-24/h3-9,12-16,22,25-28H,2,10-11,17-21H2,1H3/b12-5+. The largest absolute Gasteiger partial charge is 0.389 e. The van der Waals surface area contributed by atoms with Crippen LogP contribution in [-0.2, 0) is 27.4 Å². The summed E-state index contributed by atoms with van der Waals surface area (Å²) in [5, 5.41) is 9.23. The first-order valence-corrected chi connectivity index (χ1v) is 11.5. The maximum absolute atomic E-state index is 9.23. The van der Waals surface area contributed by atoms with Crippen LogP contribution in [-0.4, -0.2) is 29.7 Å². The molecule has 2 aromatic rings. The average molecular weight is 425 g/mol. The molecular weight excluding hydrogens is 388 g/mol. The van der Waals surface area contributed by atoms with Crippen LogP contribution in [0.1, 0.15) is 56.6 Å². The van der Waals surface area contributed by atoms with Gasteiger partial charge in [0.15, 0.2) is 6.29 Å². The van der Waals surface area contributed by atoms with Gasteiger partial charge in [0.1, 0.15) is 0 Å². The number of unbranched alkanes of at least 4 members (excludes halogenated alkanes) is 1. The maximum Gasteiger partial charge on any atom is 0.158 e. The Labute approximate surface area is 186 Å². The highest BCUT2D eigenvalue weighted by atomic mass is 16.7. The van der Waals surface area contributed by atoms with Crippen molar-refractivity contribution >= 4 is 0 Å². The van der Waals surface area contributed by atoms with Gasteiger partial charge in [-0.3, -0.25) is 0 Å². The molecule has 1 heterocycles. The summed E-state index contributed by atoms with van der Waals surface area (Å²) in [5.74, 6) is 0. The minimum atomic E-state index is -0.355. The van der Waals surface area contributed by atoms with E-state index in [0.29, 0.717) is 25.4 Å². The molecule has 0 saturated carbocycles. The first-order valence-electron chi connectivity index (χ1n) is 11.5. The molecule has 4 heteroatoms. The van der Waals surface area contributed by atoms with Crippen molar-refractivity contribution in [3.63, 3.8) is 0 Å². The van der Waals surface area contributed by atoms with E-state index in [-0.39, 0.29) is 12.4 Å². The number of allylic oxidation sites excluding steroid dienone is 1. The SMILES string of the molecule is CC(O)/C=C/CCCC1OC1CCCC(OCc1ccccc1)OCc1ccccc1. The van der Waals surface area contributed by atoms with Crippen molar-refractivity contribution in [1.82, 2.24) is 0 Å². The monoisotopic (exact) mass is 424 g/mol. The summed E-state index contributed by atoms with van der Waals surface area (Å²) in [6, 6.07) is 20.5. The fourth-order valence-corrected chi connectivity index (χ4v) is 3.64. The van der Waals surface area contributed by atoms with Crippen LogP contribution in [0.2, 0.25) is 0 Å². The van der Waals surface area contributed by atoms with E-state index in [1.54, 1.807) is 6.92 Å². The Hall–Kier alpha value is -1.98. The molecule has 3 atom stereocenters. The topological polar surface area (TPSA) is 51.2 Å². The summed E-state index contributed by atoms with van der Waals surface area (Å²) in [6.07, 6.45) is 10.2. The summed E-state index contributed by atoms with van der Waals surface area (Å²) in [6.45, 7) is 2.89. The molecule has 3 unspecified atom stereocenters. The number of rotatable bonds is 15. The number of ether oxygens (including phenoxy) is 3. The second-order valence-corrected chi connectivity index (χ2v) is 8.27. The number of aliphatic hydroxyl groups excluding tert-OH is 1. The number of benzene rings is 2. The quantitative estimate of drug-likeness (QED) is 0.170. The summed E-state index contributed by atoms with van der Waals surface area (Å²) in [5.41, 5.74) is 2.32. The molecule has 0 radical (unpaired) electrons. The van der Waals surface area contributed by atoms with E-state index in [9.17, 15) is 5.11 Å². The predicted molar refractivity (Wildman–Crippen MR) is 123 cm³/mol. The number of aliphatic hydroxyl groups is 1. The number of hydrogen-bond donors (Lipinski definition) is 1. The summed E-state index contributed by atoms with van der Waals surface area (Å²) >= 11 is 0. The number of epoxide rings is 1. The van der Waals surface area contributed by atoms with E-state index >= 15 is 0 Å². The molecule has 0 spiro atoms. The van der Waals surface area contributed by atoms with E-state index in [4.69, 9.17) is 14.2 Å². The third kappa shape index (κ3) is 9.79. The van der Waals surface area contributed by atoms with E-state index < -0.39 is 0 Å². The van der Waals surface area contributed by atoms with Gasteiger partial charge in [0.05, 0.1) is 31.5 Å². The lowest BCUT2D eigenvalue weighted by molar-refractivity contribution is -0.160. The second kappa shape index (κ2) is 13.4. The lowest BCUT2D eigenvalue weighted by Crippen LogP contribution is -2.17. The van der Waals surface area contributed by atoms with Crippen LogP contribution in [0.4, 0.5) is 0 Å². The van der Waals surface area contributed by atoms with Gasteiger partial charge < -0.3 is 19.3 Å². The highest BCUT2D eigenvalue weighted by Gasteiger charge is 2.37. The van der Waals surface area contributed by atoms with Crippen LogP contribution in [0, 0.1) is 0 Å². The third-order valence-corrected chi connectivity index (χ3v) is 5.45. The lowest BCUT2D eigenvalue weighted by Gasteiger charge is -2.19. The molecule has 1 aliphatic rings. The zero-order valence-electron chi connectivity index (χ0n) is 18.6. The fraction of sp³-hybridized carbons (Fsp3) is 0.481. The van der Waals surface area contributed by atoms with Crippen LogP contribution < -0.4 is 0 Å². The van der Waals surface area contributed by atoms with Gasteiger partial charge in [-0.05, 0) is 56.6 Å². The predicted octanol–water partition coefficient (Wildman–Crippen LogP) is 5.79. The average Bonchev–Trinajstić information content (AvgIpc) is 3.54. The Morgan fingerprint density at radius 3 is 1.97 bits per heavy atom. The van der Waals surface area contributed by atoms with Gasteiger partial charge in [-0.25, -0.2) is 0 Å². The van der Waals surface area contributed by atoms with E-state index in [1.165, 1.54) is 0 Å². The van der Waals surface area contributed by atoms with E-state index in [0.717, 1.165) is 49.7 Å². The van der Waals surface area contributed by atoms with Crippen LogP contribution in [0.25, 0.3) is 0 Å². The zero-order chi connectivity index (χ0) is 21.7. The van der Waals surface area contributed by atoms with Crippen LogP contribution in [0.3, 0.4) is 0 Å². The minimum Gasteiger partial charge on any atom is -0.389 e. The fourth-order valence-electron chi connectivity index (χ4n) is 3.64. The molecule has 0 bridgehead atoms. The summed E-state index contributed by atoms with van der Waals surface area (Å²) < 4.78 is 18.0. The zero-order valence-corrected chi connectivity index (χ0v) is 18.6. The van der Waals surface area contributed by atoms with Crippen molar-refractivity contribution in [3.8, 4) is 0 Å². The lowest BCUT2D eigenvalue weighted by atomic mass is 10.1. The molecule has 0 aromatic heterocycles. The van der Waals surface area contributed by atoms with Gasteiger partial charge in [-0.1, -0.05) is 72.8 Å². The van der Waals surface area contributed by atoms with Gasteiger partial charge in [-0.2, -0.15) is 0 Å². The Kier molecular flexibility index (Phi) is 10.3. The van der Waals surface area contributed by atoms with E-state index in [2.05, 4.69) is 30.3 Å². The first kappa shape index (κ1) is 23.7. The molecular formula is C27H36O4. The van der Waals surface area contributed by atoms with Gasteiger partial charge in [0, 0.05) is 0 Å². The molecule has 2 aromatic carbocycles. The molecule has 168 valence electrons. The molecule has 0 aliphatic carbocycles. The second-order valence-electron chi connectivity index (χ2n) is 8.27. The Bertz CT molecular complexity index is 701. The molecule has 1 fully saturated rings. The van der Waals surface area contributed by atoms with Crippen molar-refractivity contribution in [2.75, 3.05) is 0 Å².